The highest BCUT2D eigenvalue weighted by Gasteiger charge is 2.31. The van der Waals surface area contributed by atoms with Crippen LogP contribution in [-0.2, 0) is 0 Å². The van der Waals surface area contributed by atoms with Crippen molar-refractivity contribution in [1.82, 2.24) is 4.90 Å². The molecule has 1 aromatic carbocycles. The first-order valence-electron chi connectivity index (χ1n) is 6.37. The summed E-state index contributed by atoms with van der Waals surface area (Å²) in [7, 11) is 0. The predicted octanol–water partition coefficient (Wildman–Crippen LogP) is 2.58. The molecule has 1 amide bonds. The number of amides is 1. The van der Waals surface area contributed by atoms with Crippen LogP contribution in [0.25, 0.3) is 0 Å². The van der Waals surface area contributed by atoms with Gasteiger partial charge in [0.15, 0.2) is 23.3 Å². The van der Waals surface area contributed by atoms with Gasteiger partial charge in [-0.05, 0) is 6.42 Å². The van der Waals surface area contributed by atoms with Crippen molar-refractivity contribution in [3.63, 3.8) is 0 Å². The molecule has 0 aliphatic heterocycles. The molecule has 2 N–H and O–H groups in total. The van der Waals surface area contributed by atoms with E-state index in [0.29, 0.717) is 12.8 Å². The Morgan fingerprint density at radius 2 is 1.43 bits per heavy atom. The van der Waals surface area contributed by atoms with Gasteiger partial charge in [-0.15, -0.1) is 0 Å². The zero-order valence-electron chi connectivity index (χ0n) is 11.4. The average molecular weight is 310 g/mol. The first-order valence-corrected chi connectivity index (χ1v) is 6.37. The summed E-state index contributed by atoms with van der Waals surface area (Å²) >= 11 is 0. The summed E-state index contributed by atoms with van der Waals surface area (Å²) in [5, 5.41) is 0. The average Bonchev–Trinajstić information content (AvgIpc) is 2.47. The van der Waals surface area contributed by atoms with Crippen LogP contribution in [0.4, 0.5) is 22.0 Å². The summed E-state index contributed by atoms with van der Waals surface area (Å²) in [6, 6.07) is 0. The summed E-state index contributed by atoms with van der Waals surface area (Å²) in [5.74, 6) is -12.1. The Labute approximate surface area is 118 Å². The molecule has 0 bridgehead atoms. The number of nitrogens with zero attached hydrogens (tertiary/aromatic N) is 1. The molecule has 0 atom stereocenters. The molecule has 0 aliphatic rings. The Bertz CT molecular complexity index is 507. The molecule has 0 saturated heterocycles. The van der Waals surface area contributed by atoms with E-state index in [1.807, 2.05) is 6.92 Å². The number of benzene rings is 1. The van der Waals surface area contributed by atoms with Crippen molar-refractivity contribution >= 4 is 5.91 Å². The number of hydrogen-bond donors (Lipinski definition) is 1. The van der Waals surface area contributed by atoms with Crippen molar-refractivity contribution in [3.05, 3.63) is 34.6 Å². The standard InChI is InChI=1S/C13H15F5N2O/c1-2-3-5-20(6-4-19)13(21)7-8(14)10(16)12(18)11(17)9(7)15/h2-6,19H2,1H3. The molecular formula is C13H15F5N2O. The molecule has 0 aliphatic carbocycles. The first-order chi connectivity index (χ1) is 9.86. The number of rotatable bonds is 6. The van der Waals surface area contributed by atoms with Gasteiger partial charge in [0.1, 0.15) is 5.56 Å². The molecule has 0 radical (unpaired) electrons. The van der Waals surface area contributed by atoms with E-state index in [1.165, 1.54) is 0 Å². The van der Waals surface area contributed by atoms with E-state index in [-0.39, 0.29) is 19.6 Å². The highest BCUT2D eigenvalue weighted by atomic mass is 19.2. The normalized spacial score (nSPS) is 10.8. The number of unbranched alkanes of at least 4 members (excludes halogenated alkanes) is 1. The van der Waals surface area contributed by atoms with Crippen LogP contribution in [0.3, 0.4) is 0 Å². The predicted molar refractivity (Wildman–Crippen MR) is 66.1 cm³/mol. The monoisotopic (exact) mass is 310 g/mol. The zero-order valence-corrected chi connectivity index (χ0v) is 11.4. The van der Waals surface area contributed by atoms with E-state index in [4.69, 9.17) is 5.73 Å². The molecule has 21 heavy (non-hydrogen) atoms. The van der Waals surface area contributed by atoms with Gasteiger partial charge >= 0.3 is 0 Å². The minimum Gasteiger partial charge on any atom is -0.337 e. The zero-order chi connectivity index (χ0) is 16.2. The first kappa shape index (κ1) is 17.4. The molecule has 3 nitrogen and oxygen atoms in total. The van der Waals surface area contributed by atoms with Crippen molar-refractivity contribution in [2.75, 3.05) is 19.6 Å². The maximum Gasteiger partial charge on any atom is 0.260 e. The molecule has 1 aromatic rings. The molecule has 0 saturated carbocycles. The number of carbonyl (C=O) groups excluding carboxylic acids is 1. The third-order valence-corrected chi connectivity index (χ3v) is 2.89. The van der Waals surface area contributed by atoms with Gasteiger partial charge in [-0.2, -0.15) is 0 Å². The molecule has 0 heterocycles. The Morgan fingerprint density at radius 1 is 0.952 bits per heavy atom. The molecule has 8 heteroatoms. The SMILES string of the molecule is CCCCN(CCN)C(=O)c1c(F)c(F)c(F)c(F)c1F. The van der Waals surface area contributed by atoms with E-state index < -0.39 is 40.6 Å². The van der Waals surface area contributed by atoms with Crippen LogP contribution < -0.4 is 5.73 Å². The minimum atomic E-state index is -2.29. The van der Waals surface area contributed by atoms with Gasteiger partial charge in [0.25, 0.3) is 5.91 Å². The largest absolute Gasteiger partial charge is 0.337 e. The smallest absolute Gasteiger partial charge is 0.260 e. The highest BCUT2D eigenvalue weighted by molar-refractivity contribution is 5.94. The van der Waals surface area contributed by atoms with Gasteiger partial charge in [0, 0.05) is 19.6 Å². The van der Waals surface area contributed by atoms with Gasteiger partial charge < -0.3 is 10.6 Å². The molecule has 1 rings (SSSR count). The fourth-order valence-corrected chi connectivity index (χ4v) is 1.77. The highest BCUT2D eigenvalue weighted by Crippen LogP contribution is 2.24. The van der Waals surface area contributed by atoms with Crippen molar-refractivity contribution in [2.45, 2.75) is 19.8 Å². The van der Waals surface area contributed by atoms with Crippen LogP contribution in [-0.4, -0.2) is 30.4 Å². The van der Waals surface area contributed by atoms with E-state index in [2.05, 4.69) is 0 Å². The fourth-order valence-electron chi connectivity index (χ4n) is 1.77. The van der Waals surface area contributed by atoms with Crippen molar-refractivity contribution < 1.29 is 26.7 Å². The van der Waals surface area contributed by atoms with Crippen molar-refractivity contribution in [2.24, 2.45) is 5.73 Å². The summed E-state index contributed by atoms with van der Waals surface area (Å²) in [6.07, 6.45) is 1.20. The molecule has 0 fully saturated rings. The molecule has 0 aromatic heterocycles. The van der Waals surface area contributed by atoms with Gasteiger partial charge in [-0.3, -0.25) is 4.79 Å². The topological polar surface area (TPSA) is 46.3 Å². The second-order valence-electron chi connectivity index (χ2n) is 4.38. The summed E-state index contributed by atoms with van der Waals surface area (Å²) in [5.41, 5.74) is 3.84. The fraction of sp³-hybridized carbons (Fsp3) is 0.462. The quantitative estimate of drug-likeness (QED) is 0.499. The van der Waals surface area contributed by atoms with Crippen LogP contribution in [0.15, 0.2) is 0 Å². The third kappa shape index (κ3) is 3.49. The van der Waals surface area contributed by atoms with Gasteiger partial charge in [0.05, 0.1) is 0 Å². The number of nitrogens with two attached hydrogens (primary N) is 1. The molecular weight excluding hydrogens is 295 g/mol. The maximum atomic E-state index is 13.6. The van der Waals surface area contributed by atoms with Crippen LogP contribution in [0.5, 0.6) is 0 Å². The lowest BCUT2D eigenvalue weighted by atomic mass is 10.1. The Balaban J connectivity index is 3.27. The van der Waals surface area contributed by atoms with Crippen LogP contribution in [0, 0.1) is 29.1 Å². The Hall–Kier alpha value is -1.70. The lowest BCUT2D eigenvalue weighted by molar-refractivity contribution is 0.0744. The second-order valence-corrected chi connectivity index (χ2v) is 4.38. The maximum absolute atomic E-state index is 13.6. The van der Waals surface area contributed by atoms with Crippen LogP contribution >= 0.6 is 0 Å². The third-order valence-electron chi connectivity index (χ3n) is 2.89. The van der Waals surface area contributed by atoms with Crippen LogP contribution in [0.1, 0.15) is 30.1 Å². The van der Waals surface area contributed by atoms with Gasteiger partial charge in [-0.25, -0.2) is 22.0 Å². The van der Waals surface area contributed by atoms with E-state index in [9.17, 15) is 26.7 Å². The number of halogens is 5. The van der Waals surface area contributed by atoms with Gasteiger partial charge in [0.2, 0.25) is 5.82 Å². The van der Waals surface area contributed by atoms with Gasteiger partial charge in [-0.1, -0.05) is 13.3 Å². The van der Waals surface area contributed by atoms with Crippen LogP contribution in [0.2, 0.25) is 0 Å². The van der Waals surface area contributed by atoms with E-state index in [0.717, 1.165) is 4.90 Å². The molecule has 0 unspecified atom stereocenters. The Kier molecular flexibility index (Phi) is 6.07. The summed E-state index contributed by atoms with van der Waals surface area (Å²) in [4.78, 5) is 13.0. The summed E-state index contributed by atoms with van der Waals surface area (Å²) in [6.45, 7) is 1.90. The van der Waals surface area contributed by atoms with E-state index in [1.54, 1.807) is 0 Å². The number of hydrogen-bond acceptors (Lipinski definition) is 2. The lowest BCUT2D eigenvalue weighted by Crippen LogP contribution is -2.37. The van der Waals surface area contributed by atoms with Crippen molar-refractivity contribution in [3.8, 4) is 0 Å². The minimum absolute atomic E-state index is 0.00481. The number of carbonyl (C=O) groups is 1. The van der Waals surface area contributed by atoms with Crippen molar-refractivity contribution in [1.29, 1.82) is 0 Å². The second kappa shape index (κ2) is 7.35. The lowest BCUT2D eigenvalue weighted by Gasteiger charge is -2.22. The molecule has 0 spiro atoms. The molecule has 118 valence electrons. The Morgan fingerprint density at radius 3 is 1.86 bits per heavy atom. The summed E-state index contributed by atoms with van der Waals surface area (Å²) < 4.78 is 66.3. The van der Waals surface area contributed by atoms with E-state index >= 15 is 0 Å².